The second-order valence-electron chi connectivity index (χ2n) is 7.59. The van der Waals surface area contributed by atoms with E-state index in [0.717, 1.165) is 29.5 Å². The molecule has 0 saturated carbocycles. The Labute approximate surface area is 180 Å². The summed E-state index contributed by atoms with van der Waals surface area (Å²) in [6.07, 6.45) is 2.61. The molecule has 0 unspecified atom stereocenters. The summed E-state index contributed by atoms with van der Waals surface area (Å²) in [5.41, 5.74) is 2.37. The summed E-state index contributed by atoms with van der Waals surface area (Å²) in [6, 6.07) is 11.1. The number of carbonyl (C=O) groups is 1. The first-order chi connectivity index (χ1) is 14.9. The molecule has 7 nitrogen and oxygen atoms in total. The third-order valence-corrected chi connectivity index (χ3v) is 7.44. The molecule has 9 heteroatoms. The van der Waals surface area contributed by atoms with Crippen LogP contribution < -0.4 is 5.32 Å². The molecule has 0 bridgehead atoms. The van der Waals surface area contributed by atoms with Crippen molar-refractivity contribution in [2.24, 2.45) is 0 Å². The number of nitrogens with one attached hydrogen (secondary N) is 2. The van der Waals surface area contributed by atoms with Crippen LogP contribution in [0.1, 0.15) is 6.42 Å². The normalized spacial score (nSPS) is 15.7. The van der Waals surface area contributed by atoms with Gasteiger partial charge in [0.2, 0.25) is 15.9 Å². The van der Waals surface area contributed by atoms with Crippen LogP contribution in [0.3, 0.4) is 0 Å². The zero-order valence-corrected chi connectivity index (χ0v) is 18.1. The van der Waals surface area contributed by atoms with Gasteiger partial charge in [-0.2, -0.15) is 4.31 Å². The smallest absolute Gasteiger partial charge is 0.243 e. The number of fused-ring (bicyclic) bond motifs is 1. The van der Waals surface area contributed by atoms with Crippen LogP contribution in [0, 0.1) is 5.82 Å². The fraction of sp³-hybridized carbons (Fsp3) is 0.318. The molecule has 1 amide bonds. The zero-order valence-electron chi connectivity index (χ0n) is 17.3. The predicted octanol–water partition coefficient (Wildman–Crippen LogP) is 2.42. The highest BCUT2D eigenvalue weighted by Crippen LogP contribution is 2.30. The molecule has 1 aliphatic heterocycles. The highest BCUT2D eigenvalue weighted by Gasteiger charge is 2.32. The van der Waals surface area contributed by atoms with E-state index in [1.165, 1.54) is 16.4 Å². The molecule has 1 fully saturated rings. The third-order valence-electron chi connectivity index (χ3n) is 5.59. The number of piperazine rings is 1. The number of aromatic amines is 1. The molecule has 0 radical (unpaired) electrons. The lowest BCUT2D eigenvalue weighted by Crippen LogP contribution is -2.52. The van der Waals surface area contributed by atoms with Crippen LogP contribution in [0.5, 0.6) is 0 Å². The van der Waals surface area contributed by atoms with E-state index in [2.05, 4.69) is 10.3 Å². The van der Waals surface area contributed by atoms with Crippen molar-refractivity contribution in [3.63, 3.8) is 0 Å². The zero-order chi connectivity index (χ0) is 22.0. The average molecular weight is 445 g/mol. The number of halogens is 1. The monoisotopic (exact) mass is 444 g/mol. The molecule has 1 saturated heterocycles. The number of hydrogen-bond acceptors (Lipinski definition) is 4. The Hall–Kier alpha value is -2.75. The molecular formula is C22H25FN4O3S. The van der Waals surface area contributed by atoms with Crippen LogP contribution in [0.15, 0.2) is 53.6 Å². The van der Waals surface area contributed by atoms with Crippen LogP contribution in [-0.2, 0) is 14.8 Å². The number of benzene rings is 2. The number of carbonyl (C=O) groups excluding carboxylic acids is 1. The molecule has 31 heavy (non-hydrogen) atoms. The summed E-state index contributed by atoms with van der Waals surface area (Å²) >= 11 is 0. The second kappa shape index (κ2) is 8.78. The molecule has 1 aliphatic rings. The molecule has 2 N–H and O–H groups in total. The van der Waals surface area contributed by atoms with E-state index < -0.39 is 10.0 Å². The first-order valence-electron chi connectivity index (χ1n) is 10.2. The average Bonchev–Trinajstić information content (AvgIpc) is 3.18. The van der Waals surface area contributed by atoms with Gasteiger partial charge in [-0.25, -0.2) is 12.8 Å². The Morgan fingerprint density at radius 2 is 1.90 bits per heavy atom. The van der Waals surface area contributed by atoms with E-state index in [9.17, 15) is 17.6 Å². The van der Waals surface area contributed by atoms with Crippen LogP contribution >= 0.6 is 0 Å². The van der Waals surface area contributed by atoms with E-state index >= 15 is 0 Å². The Morgan fingerprint density at radius 3 is 2.61 bits per heavy atom. The molecule has 3 aromatic rings. The third kappa shape index (κ3) is 4.34. The van der Waals surface area contributed by atoms with E-state index in [0.29, 0.717) is 18.6 Å². The molecule has 164 valence electrons. The van der Waals surface area contributed by atoms with Gasteiger partial charge in [-0.05, 0) is 55.9 Å². The number of sulfonamides is 1. The Balaban J connectivity index is 1.50. The van der Waals surface area contributed by atoms with Crippen LogP contribution in [0.25, 0.3) is 22.0 Å². The largest absolute Gasteiger partial charge is 0.360 e. The molecule has 2 aromatic carbocycles. The van der Waals surface area contributed by atoms with E-state index in [-0.39, 0.29) is 29.7 Å². The van der Waals surface area contributed by atoms with Crippen molar-refractivity contribution in [2.45, 2.75) is 11.3 Å². The molecule has 0 spiro atoms. The standard InChI is InChI=1S/C22H25FN4O3S/c1-24-9-2-10-26-11-12-27(15-22(26)28)31(29,30)18-6-3-16(4-7-18)20-14-25-21-13-17(23)5-8-19(20)21/h3-8,13-14,24-25H,2,9-12,15H2,1H3. The van der Waals surface area contributed by atoms with Gasteiger partial charge in [0, 0.05) is 42.3 Å². The molecule has 1 aromatic heterocycles. The maximum absolute atomic E-state index is 13.4. The lowest BCUT2D eigenvalue weighted by Gasteiger charge is -2.33. The summed E-state index contributed by atoms with van der Waals surface area (Å²) < 4.78 is 40.8. The molecule has 4 rings (SSSR count). The SMILES string of the molecule is CNCCCN1CCN(S(=O)(=O)c2ccc(-c3c[nH]c4cc(F)ccc34)cc2)CC1=O. The summed E-state index contributed by atoms with van der Waals surface area (Å²) in [5.74, 6) is -0.493. The number of aromatic nitrogens is 1. The van der Waals surface area contributed by atoms with Crippen molar-refractivity contribution >= 4 is 26.8 Å². The van der Waals surface area contributed by atoms with Crippen LogP contribution in [-0.4, -0.2) is 68.3 Å². The Bertz CT molecular complexity index is 1190. The van der Waals surface area contributed by atoms with E-state index in [1.807, 2.05) is 7.05 Å². The molecule has 0 aliphatic carbocycles. The van der Waals surface area contributed by atoms with E-state index in [4.69, 9.17) is 0 Å². The quantitative estimate of drug-likeness (QED) is 0.548. The van der Waals surface area contributed by atoms with Gasteiger partial charge in [-0.3, -0.25) is 4.79 Å². The fourth-order valence-electron chi connectivity index (χ4n) is 3.87. The lowest BCUT2D eigenvalue weighted by atomic mass is 10.1. The van der Waals surface area contributed by atoms with Crippen LogP contribution in [0.2, 0.25) is 0 Å². The number of nitrogens with zero attached hydrogens (tertiary/aromatic N) is 2. The lowest BCUT2D eigenvalue weighted by molar-refractivity contribution is -0.134. The van der Waals surface area contributed by atoms with Gasteiger partial charge < -0.3 is 15.2 Å². The second-order valence-corrected chi connectivity index (χ2v) is 9.53. The Morgan fingerprint density at radius 1 is 1.13 bits per heavy atom. The molecule has 2 heterocycles. The summed E-state index contributed by atoms with van der Waals surface area (Å²) in [7, 11) is -1.90. The van der Waals surface area contributed by atoms with Crippen molar-refractivity contribution < 1.29 is 17.6 Å². The van der Waals surface area contributed by atoms with Gasteiger partial charge in [0.25, 0.3) is 0 Å². The van der Waals surface area contributed by atoms with Gasteiger partial charge in [0.05, 0.1) is 11.4 Å². The van der Waals surface area contributed by atoms with Gasteiger partial charge in [0.1, 0.15) is 5.82 Å². The first kappa shape index (κ1) is 21.5. The van der Waals surface area contributed by atoms with Crippen molar-refractivity contribution in [3.8, 4) is 11.1 Å². The van der Waals surface area contributed by atoms with Gasteiger partial charge in [-0.15, -0.1) is 0 Å². The van der Waals surface area contributed by atoms with Crippen molar-refractivity contribution in [1.82, 2.24) is 19.5 Å². The maximum atomic E-state index is 13.4. The van der Waals surface area contributed by atoms with E-state index in [1.54, 1.807) is 41.4 Å². The van der Waals surface area contributed by atoms with Crippen molar-refractivity contribution in [3.05, 3.63) is 54.5 Å². The van der Waals surface area contributed by atoms with Gasteiger partial charge in [0.15, 0.2) is 0 Å². The minimum Gasteiger partial charge on any atom is -0.360 e. The van der Waals surface area contributed by atoms with Crippen molar-refractivity contribution in [1.29, 1.82) is 0 Å². The number of rotatable bonds is 7. The predicted molar refractivity (Wildman–Crippen MR) is 118 cm³/mol. The topological polar surface area (TPSA) is 85.5 Å². The maximum Gasteiger partial charge on any atom is 0.243 e. The summed E-state index contributed by atoms with van der Waals surface area (Å²) in [4.78, 5) is 17.3. The summed E-state index contributed by atoms with van der Waals surface area (Å²) in [6.45, 7) is 1.97. The fourth-order valence-corrected chi connectivity index (χ4v) is 5.25. The number of amides is 1. The molecular weight excluding hydrogens is 419 g/mol. The van der Waals surface area contributed by atoms with Crippen LogP contribution in [0.4, 0.5) is 4.39 Å². The van der Waals surface area contributed by atoms with Crippen molar-refractivity contribution in [2.75, 3.05) is 39.8 Å². The minimum absolute atomic E-state index is 0.141. The summed E-state index contributed by atoms with van der Waals surface area (Å²) in [5, 5.41) is 3.90. The number of hydrogen-bond donors (Lipinski definition) is 2. The first-order valence-corrected chi connectivity index (χ1v) is 11.6. The van der Waals surface area contributed by atoms with Gasteiger partial charge in [-0.1, -0.05) is 12.1 Å². The molecule has 0 atom stereocenters. The highest BCUT2D eigenvalue weighted by molar-refractivity contribution is 7.89. The Kier molecular flexibility index (Phi) is 6.08. The minimum atomic E-state index is -3.76. The highest BCUT2D eigenvalue weighted by atomic mass is 32.2. The number of H-pyrrole nitrogens is 1. The van der Waals surface area contributed by atoms with Gasteiger partial charge >= 0.3 is 0 Å².